The molecule has 0 amide bonds. The van der Waals surface area contributed by atoms with Crippen molar-refractivity contribution in [1.82, 2.24) is 4.90 Å². The molecule has 0 unspecified atom stereocenters. The van der Waals surface area contributed by atoms with Crippen LogP contribution in [0.4, 0.5) is 0 Å². The first kappa shape index (κ1) is 12.2. The molecule has 1 aromatic heterocycles. The number of carbonyl (C=O) groups excluding carboxylic acids is 1. The minimum atomic E-state index is -0.321. The number of ether oxygens (including phenoxy) is 1. The number of carbonyl (C=O) groups is 1. The molecule has 94 valence electrons. The summed E-state index contributed by atoms with van der Waals surface area (Å²) in [6, 6.07) is 1.68. The van der Waals surface area contributed by atoms with Gasteiger partial charge in [-0.25, -0.2) is 4.79 Å². The number of hydrogen-bond acceptors (Lipinski definition) is 4. The number of rotatable bonds is 3. The summed E-state index contributed by atoms with van der Waals surface area (Å²) in [5.41, 5.74) is 0.547. The number of hydrogen-bond donors (Lipinski definition) is 0. The van der Waals surface area contributed by atoms with Crippen LogP contribution in [0.3, 0.4) is 0 Å². The highest BCUT2D eigenvalue weighted by atomic mass is 16.5. The van der Waals surface area contributed by atoms with Crippen molar-refractivity contribution in [2.24, 2.45) is 5.92 Å². The van der Waals surface area contributed by atoms with Crippen LogP contribution in [0.5, 0.6) is 0 Å². The zero-order valence-electron chi connectivity index (χ0n) is 10.4. The van der Waals surface area contributed by atoms with Crippen LogP contribution in [-0.4, -0.2) is 31.1 Å². The molecule has 1 fully saturated rings. The lowest BCUT2D eigenvalue weighted by atomic mass is 10.0. The van der Waals surface area contributed by atoms with Gasteiger partial charge in [0.15, 0.2) is 0 Å². The standard InChI is InChI=1S/C13H19NO3/c1-10-4-3-6-14(8-10)9-12-11(5-7-17-12)13(15)16-2/h5,7,10H,3-4,6,8-9H2,1-2H3/t10-/m1/s1. The van der Waals surface area contributed by atoms with Gasteiger partial charge in [-0.05, 0) is 31.4 Å². The molecule has 0 N–H and O–H groups in total. The van der Waals surface area contributed by atoms with Crippen LogP contribution in [-0.2, 0) is 11.3 Å². The van der Waals surface area contributed by atoms with Gasteiger partial charge >= 0.3 is 5.97 Å². The second kappa shape index (κ2) is 5.36. The first-order valence-electron chi connectivity index (χ1n) is 6.07. The maximum Gasteiger partial charge on any atom is 0.341 e. The highest BCUT2D eigenvalue weighted by molar-refractivity contribution is 5.90. The first-order chi connectivity index (χ1) is 8.20. The van der Waals surface area contributed by atoms with Gasteiger partial charge in [0, 0.05) is 6.54 Å². The Bertz CT molecular complexity index is 386. The van der Waals surface area contributed by atoms with E-state index in [0.717, 1.165) is 19.0 Å². The van der Waals surface area contributed by atoms with E-state index < -0.39 is 0 Å². The van der Waals surface area contributed by atoms with Crippen LogP contribution < -0.4 is 0 Å². The van der Waals surface area contributed by atoms with Gasteiger partial charge < -0.3 is 9.15 Å². The largest absolute Gasteiger partial charge is 0.467 e. The quantitative estimate of drug-likeness (QED) is 0.756. The van der Waals surface area contributed by atoms with Crippen molar-refractivity contribution >= 4 is 5.97 Å². The monoisotopic (exact) mass is 237 g/mol. The molecule has 1 aliphatic heterocycles. The number of nitrogens with zero attached hydrogens (tertiary/aromatic N) is 1. The summed E-state index contributed by atoms with van der Waals surface area (Å²) in [5.74, 6) is 1.12. The average molecular weight is 237 g/mol. The number of methoxy groups -OCH3 is 1. The van der Waals surface area contributed by atoms with E-state index in [1.165, 1.54) is 20.0 Å². The van der Waals surface area contributed by atoms with Crippen LogP contribution in [0.2, 0.25) is 0 Å². The normalized spacial score (nSPS) is 21.4. The van der Waals surface area contributed by atoms with Crippen molar-refractivity contribution in [3.63, 3.8) is 0 Å². The van der Waals surface area contributed by atoms with Crippen LogP contribution in [0.25, 0.3) is 0 Å². The van der Waals surface area contributed by atoms with Gasteiger partial charge in [-0.15, -0.1) is 0 Å². The third-order valence-corrected chi connectivity index (χ3v) is 3.26. The highest BCUT2D eigenvalue weighted by Crippen LogP contribution is 2.20. The van der Waals surface area contributed by atoms with Gasteiger partial charge in [-0.3, -0.25) is 4.90 Å². The molecule has 17 heavy (non-hydrogen) atoms. The zero-order valence-corrected chi connectivity index (χ0v) is 10.4. The highest BCUT2D eigenvalue weighted by Gasteiger charge is 2.21. The van der Waals surface area contributed by atoms with Gasteiger partial charge in [0.05, 0.1) is 19.9 Å². The summed E-state index contributed by atoms with van der Waals surface area (Å²) < 4.78 is 10.1. The van der Waals surface area contributed by atoms with Gasteiger partial charge in [0.25, 0.3) is 0 Å². The smallest absolute Gasteiger partial charge is 0.341 e. The van der Waals surface area contributed by atoms with Crippen molar-refractivity contribution in [2.45, 2.75) is 26.3 Å². The van der Waals surface area contributed by atoms with Crippen LogP contribution in [0, 0.1) is 5.92 Å². The number of esters is 1. The second-order valence-electron chi connectivity index (χ2n) is 4.73. The molecule has 0 aliphatic carbocycles. The second-order valence-corrected chi connectivity index (χ2v) is 4.73. The SMILES string of the molecule is COC(=O)c1ccoc1CN1CCC[C@@H](C)C1. The lowest BCUT2D eigenvalue weighted by Crippen LogP contribution is -2.34. The average Bonchev–Trinajstić information content (AvgIpc) is 2.76. The Labute approximate surface area is 102 Å². The Hall–Kier alpha value is -1.29. The molecule has 4 heteroatoms. The summed E-state index contributed by atoms with van der Waals surface area (Å²) in [6.07, 6.45) is 4.06. The maximum atomic E-state index is 11.5. The van der Waals surface area contributed by atoms with Crippen molar-refractivity contribution in [2.75, 3.05) is 20.2 Å². The molecule has 4 nitrogen and oxygen atoms in total. The molecule has 0 saturated carbocycles. The molecule has 0 aromatic carbocycles. The lowest BCUT2D eigenvalue weighted by molar-refractivity contribution is 0.0595. The molecule has 0 spiro atoms. The van der Waals surface area contributed by atoms with E-state index in [0.29, 0.717) is 17.9 Å². The van der Waals surface area contributed by atoms with Crippen LogP contribution >= 0.6 is 0 Å². The minimum Gasteiger partial charge on any atom is -0.467 e. The summed E-state index contributed by atoms with van der Waals surface area (Å²) >= 11 is 0. The van der Waals surface area contributed by atoms with Crippen LogP contribution in [0.1, 0.15) is 35.9 Å². The number of piperidine rings is 1. The van der Waals surface area contributed by atoms with E-state index in [2.05, 4.69) is 11.8 Å². The molecular weight excluding hydrogens is 218 g/mol. The maximum absolute atomic E-state index is 11.5. The van der Waals surface area contributed by atoms with Gasteiger partial charge in [-0.2, -0.15) is 0 Å². The fraction of sp³-hybridized carbons (Fsp3) is 0.615. The summed E-state index contributed by atoms with van der Waals surface area (Å²) in [5, 5.41) is 0. The van der Waals surface area contributed by atoms with Crippen LogP contribution in [0.15, 0.2) is 16.7 Å². The predicted molar refractivity (Wildman–Crippen MR) is 63.7 cm³/mol. The fourth-order valence-corrected chi connectivity index (χ4v) is 2.39. The molecular formula is C13H19NO3. The Morgan fingerprint density at radius 3 is 3.18 bits per heavy atom. The summed E-state index contributed by atoms with van der Waals surface area (Å²) in [4.78, 5) is 13.8. The zero-order chi connectivity index (χ0) is 12.3. The van der Waals surface area contributed by atoms with E-state index in [1.54, 1.807) is 12.3 Å². The van der Waals surface area contributed by atoms with Crippen molar-refractivity contribution in [1.29, 1.82) is 0 Å². The first-order valence-corrected chi connectivity index (χ1v) is 6.07. The lowest BCUT2D eigenvalue weighted by Gasteiger charge is -2.30. The Kier molecular flexibility index (Phi) is 3.84. The van der Waals surface area contributed by atoms with E-state index in [-0.39, 0.29) is 5.97 Å². The van der Waals surface area contributed by atoms with Crippen molar-refractivity contribution in [3.05, 3.63) is 23.7 Å². The topological polar surface area (TPSA) is 42.7 Å². The van der Waals surface area contributed by atoms with E-state index >= 15 is 0 Å². The molecule has 2 rings (SSSR count). The number of furan rings is 1. The Morgan fingerprint density at radius 2 is 2.47 bits per heavy atom. The molecule has 0 radical (unpaired) electrons. The van der Waals surface area contributed by atoms with Crippen molar-refractivity contribution in [3.8, 4) is 0 Å². The van der Waals surface area contributed by atoms with Gasteiger partial charge in [0.1, 0.15) is 11.3 Å². The predicted octanol–water partition coefficient (Wildman–Crippen LogP) is 2.30. The Balaban J connectivity index is 2.03. The molecule has 1 saturated heterocycles. The minimum absolute atomic E-state index is 0.321. The van der Waals surface area contributed by atoms with Crippen molar-refractivity contribution < 1.29 is 13.9 Å². The molecule has 0 bridgehead atoms. The van der Waals surface area contributed by atoms with Gasteiger partial charge in [-0.1, -0.05) is 6.92 Å². The molecule has 1 aromatic rings. The van der Waals surface area contributed by atoms with E-state index in [1.807, 2.05) is 0 Å². The van der Waals surface area contributed by atoms with E-state index in [4.69, 9.17) is 9.15 Å². The fourth-order valence-electron chi connectivity index (χ4n) is 2.39. The summed E-state index contributed by atoms with van der Waals surface area (Å²) in [7, 11) is 1.39. The van der Waals surface area contributed by atoms with Gasteiger partial charge in [0.2, 0.25) is 0 Å². The molecule has 1 aliphatic rings. The Morgan fingerprint density at radius 1 is 1.65 bits per heavy atom. The number of likely N-dealkylation sites (tertiary alicyclic amines) is 1. The third-order valence-electron chi connectivity index (χ3n) is 3.26. The third kappa shape index (κ3) is 2.88. The molecule has 2 heterocycles. The van der Waals surface area contributed by atoms with E-state index in [9.17, 15) is 4.79 Å². The molecule has 1 atom stereocenters. The summed E-state index contributed by atoms with van der Waals surface area (Å²) in [6.45, 7) is 5.10.